The van der Waals surface area contributed by atoms with Gasteiger partial charge in [-0.2, -0.15) is 0 Å². The van der Waals surface area contributed by atoms with Crippen LogP contribution in [0, 0.1) is 0 Å². The van der Waals surface area contributed by atoms with Gasteiger partial charge < -0.3 is 24.4 Å². The zero-order valence-electron chi connectivity index (χ0n) is 15.5. The van der Waals surface area contributed by atoms with Crippen molar-refractivity contribution in [2.24, 2.45) is 4.99 Å². The highest BCUT2D eigenvalue weighted by atomic mass is 16.5. The van der Waals surface area contributed by atoms with Crippen LogP contribution < -0.4 is 5.32 Å². The van der Waals surface area contributed by atoms with Crippen molar-refractivity contribution in [2.75, 3.05) is 53.1 Å². The van der Waals surface area contributed by atoms with Gasteiger partial charge in [-0.3, -0.25) is 4.99 Å². The Morgan fingerprint density at radius 1 is 1.25 bits per heavy atom. The summed E-state index contributed by atoms with van der Waals surface area (Å²) in [6.07, 6.45) is 7.44. The standard InChI is InChI=1S/C18H35N3O3/c1-3-22-13-6-10-20-18(19-2)21-11-8-16(9-12-21)24-15-17-7-4-5-14-23-17/h16-17H,3-15H2,1-2H3,(H,19,20). The SMILES string of the molecule is CCOCCCNC(=NC)N1CCC(OCC2CCCCO2)CC1. The Labute approximate surface area is 146 Å². The van der Waals surface area contributed by atoms with Crippen LogP contribution in [0.5, 0.6) is 0 Å². The van der Waals surface area contributed by atoms with Crippen molar-refractivity contribution in [3.8, 4) is 0 Å². The van der Waals surface area contributed by atoms with E-state index in [0.717, 1.165) is 77.7 Å². The number of nitrogens with one attached hydrogen (secondary N) is 1. The quantitative estimate of drug-likeness (QED) is 0.416. The molecule has 0 radical (unpaired) electrons. The van der Waals surface area contributed by atoms with Crippen LogP contribution in [0.15, 0.2) is 4.99 Å². The highest BCUT2D eigenvalue weighted by molar-refractivity contribution is 5.79. The smallest absolute Gasteiger partial charge is 0.193 e. The van der Waals surface area contributed by atoms with E-state index in [1.54, 1.807) is 0 Å². The fourth-order valence-electron chi connectivity index (χ4n) is 3.27. The number of guanidine groups is 1. The van der Waals surface area contributed by atoms with Gasteiger partial charge in [0.1, 0.15) is 0 Å². The molecular formula is C18H35N3O3. The molecule has 2 rings (SSSR count). The number of likely N-dealkylation sites (tertiary alicyclic amines) is 1. The van der Waals surface area contributed by atoms with Gasteiger partial charge in [-0.25, -0.2) is 0 Å². The average molecular weight is 341 g/mol. The molecule has 24 heavy (non-hydrogen) atoms. The number of nitrogens with zero attached hydrogens (tertiary/aromatic N) is 2. The van der Waals surface area contributed by atoms with Gasteiger partial charge in [0.15, 0.2) is 5.96 Å². The maximum Gasteiger partial charge on any atom is 0.193 e. The second-order valence-corrected chi connectivity index (χ2v) is 6.53. The van der Waals surface area contributed by atoms with Gasteiger partial charge in [-0.15, -0.1) is 0 Å². The molecule has 2 aliphatic heterocycles. The minimum absolute atomic E-state index is 0.316. The lowest BCUT2D eigenvalue weighted by molar-refractivity contribution is -0.0721. The lowest BCUT2D eigenvalue weighted by atomic mass is 10.1. The highest BCUT2D eigenvalue weighted by Crippen LogP contribution is 2.17. The summed E-state index contributed by atoms with van der Waals surface area (Å²) in [5.74, 6) is 1.00. The summed E-state index contributed by atoms with van der Waals surface area (Å²) >= 11 is 0. The topological polar surface area (TPSA) is 55.3 Å². The van der Waals surface area contributed by atoms with Gasteiger partial charge in [0.05, 0.1) is 18.8 Å². The van der Waals surface area contributed by atoms with Gasteiger partial charge in [-0.1, -0.05) is 0 Å². The van der Waals surface area contributed by atoms with Gasteiger partial charge in [0.2, 0.25) is 0 Å². The molecule has 2 fully saturated rings. The molecule has 2 aliphatic rings. The minimum atomic E-state index is 0.316. The van der Waals surface area contributed by atoms with Gasteiger partial charge in [-0.05, 0) is 45.4 Å². The lowest BCUT2D eigenvalue weighted by Crippen LogP contribution is -2.47. The highest BCUT2D eigenvalue weighted by Gasteiger charge is 2.23. The predicted octanol–water partition coefficient (Wildman–Crippen LogP) is 2.04. The number of rotatable bonds is 8. The van der Waals surface area contributed by atoms with Crippen molar-refractivity contribution in [3.63, 3.8) is 0 Å². The first kappa shape index (κ1) is 19.5. The second-order valence-electron chi connectivity index (χ2n) is 6.53. The molecule has 0 bridgehead atoms. The molecule has 6 heteroatoms. The van der Waals surface area contributed by atoms with Gasteiger partial charge in [0.25, 0.3) is 0 Å². The summed E-state index contributed by atoms with van der Waals surface area (Å²) < 4.78 is 17.2. The molecule has 2 saturated heterocycles. The van der Waals surface area contributed by atoms with E-state index in [2.05, 4.69) is 15.2 Å². The third kappa shape index (κ3) is 6.95. The Morgan fingerprint density at radius 3 is 2.75 bits per heavy atom. The van der Waals surface area contributed by atoms with E-state index in [-0.39, 0.29) is 0 Å². The van der Waals surface area contributed by atoms with Crippen molar-refractivity contribution in [1.29, 1.82) is 0 Å². The monoisotopic (exact) mass is 341 g/mol. The summed E-state index contributed by atoms with van der Waals surface area (Å²) in [7, 11) is 1.86. The normalized spacial score (nSPS) is 23.5. The summed E-state index contributed by atoms with van der Waals surface area (Å²) in [5.41, 5.74) is 0. The first-order valence-electron chi connectivity index (χ1n) is 9.60. The summed E-state index contributed by atoms with van der Waals surface area (Å²) in [4.78, 5) is 6.73. The Kier molecular flexibility index (Phi) is 9.46. The molecule has 6 nitrogen and oxygen atoms in total. The fourth-order valence-corrected chi connectivity index (χ4v) is 3.27. The van der Waals surface area contributed by atoms with Crippen LogP contribution in [-0.4, -0.2) is 76.2 Å². The number of hydrogen-bond donors (Lipinski definition) is 1. The van der Waals surface area contributed by atoms with Crippen molar-refractivity contribution < 1.29 is 14.2 Å². The molecule has 0 aromatic rings. The number of ether oxygens (including phenoxy) is 3. The maximum absolute atomic E-state index is 6.08. The maximum atomic E-state index is 6.08. The van der Waals surface area contributed by atoms with Crippen molar-refractivity contribution in [1.82, 2.24) is 10.2 Å². The molecule has 1 atom stereocenters. The van der Waals surface area contributed by atoms with E-state index in [0.29, 0.717) is 12.2 Å². The van der Waals surface area contributed by atoms with Crippen molar-refractivity contribution in [3.05, 3.63) is 0 Å². The van der Waals surface area contributed by atoms with E-state index in [1.165, 1.54) is 12.8 Å². The van der Waals surface area contributed by atoms with Gasteiger partial charge in [0, 0.05) is 46.5 Å². The Hall–Kier alpha value is -0.850. The molecule has 0 aromatic carbocycles. The van der Waals surface area contributed by atoms with Crippen LogP contribution in [-0.2, 0) is 14.2 Å². The molecule has 0 aromatic heterocycles. The number of hydrogen-bond acceptors (Lipinski definition) is 4. The van der Waals surface area contributed by atoms with E-state index in [4.69, 9.17) is 14.2 Å². The molecular weight excluding hydrogens is 306 g/mol. The molecule has 0 amide bonds. The lowest BCUT2D eigenvalue weighted by Gasteiger charge is -2.35. The predicted molar refractivity (Wildman–Crippen MR) is 96.6 cm³/mol. The molecule has 1 N–H and O–H groups in total. The molecule has 140 valence electrons. The van der Waals surface area contributed by atoms with E-state index in [1.807, 2.05) is 14.0 Å². The first-order valence-corrected chi connectivity index (χ1v) is 9.60. The molecule has 0 aliphatic carbocycles. The zero-order valence-corrected chi connectivity index (χ0v) is 15.5. The van der Waals surface area contributed by atoms with E-state index in [9.17, 15) is 0 Å². The summed E-state index contributed by atoms with van der Waals surface area (Å²) in [6.45, 7) is 8.18. The third-order valence-corrected chi connectivity index (χ3v) is 4.70. The molecule has 0 spiro atoms. The Morgan fingerprint density at radius 2 is 2.08 bits per heavy atom. The van der Waals surface area contributed by atoms with Gasteiger partial charge >= 0.3 is 0 Å². The van der Waals surface area contributed by atoms with Crippen LogP contribution in [0.2, 0.25) is 0 Å². The van der Waals surface area contributed by atoms with Crippen LogP contribution >= 0.6 is 0 Å². The van der Waals surface area contributed by atoms with Crippen molar-refractivity contribution >= 4 is 5.96 Å². The molecule has 0 saturated carbocycles. The zero-order chi connectivity index (χ0) is 17.0. The van der Waals surface area contributed by atoms with Crippen LogP contribution in [0.25, 0.3) is 0 Å². The second kappa shape index (κ2) is 11.7. The third-order valence-electron chi connectivity index (χ3n) is 4.70. The largest absolute Gasteiger partial charge is 0.382 e. The summed E-state index contributed by atoms with van der Waals surface area (Å²) in [6, 6.07) is 0. The first-order chi connectivity index (χ1) is 11.8. The Balaban J connectivity index is 1.59. The van der Waals surface area contributed by atoms with E-state index < -0.39 is 0 Å². The fraction of sp³-hybridized carbons (Fsp3) is 0.944. The minimum Gasteiger partial charge on any atom is -0.382 e. The Bertz CT molecular complexity index is 351. The van der Waals surface area contributed by atoms with E-state index >= 15 is 0 Å². The number of piperidine rings is 1. The molecule has 2 heterocycles. The summed E-state index contributed by atoms with van der Waals surface area (Å²) in [5, 5.41) is 3.43. The molecule has 1 unspecified atom stereocenters. The average Bonchev–Trinajstić information content (AvgIpc) is 2.64. The van der Waals surface area contributed by atoms with Crippen LogP contribution in [0.3, 0.4) is 0 Å². The van der Waals surface area contributed by atoms with Crippen LogP contribution in [0.1, 0.15) is 45.4 Å². The van der Waals surface area contributed by atoms with Crippen molar-refractivity contribution in [2.45, 2.75) is 57.7 Å². The van der Waals surface area contributed by atoms with Crippen LogP contribution in [0.4, 0.5) is 0 Å². The number of aliphatic imine (C=N–C) groups is 1.